The van der Waals surface area contributed by atoms with Crippen molar-refractivity contribution in [3.63, 3.8) is 0 Å². The van der Waals surface area contributed by atoms with Crippen molar-refractivity contribution in [3.8, 4) is 0 Å². The van der Waals surface area contributed by atoms with Crippen molar-refractivity contribution in [2.45, 2.75) is 13.8 Å². The summed E-state index contributed by atoms with van der Waals surface area (Å²) >= 11 is 0. The highest BCUT2D eigenvalue weighted by atomic mass is 19.1. The second-order valence-electron chi connectivity index (χ2n) is 6.93. The molecule has 1 saturated heterocycles. The summed E-state index contributed by atoms with van der Waals surface area (Å²) in [7, 11) is 2.12. The number of hydrogen-bond donors (Lipinski definition) is 2. The average molecular weight is 321 g/mol. The molecule has 0 amide bonds. The van der Waals surface area contributed by atoms with Gasteiger partial charge in [0.1, 0.15) is 5.82 Å². The van der Waals surface area contributed by atoms with Gasteiger partial charge in [0, 0.05) is 38.4 Å². The molecular weight excluding hydrogens is 293 g/mol. The number of nitrogens with two attached hydrogens (primary N) is 1. The van der Waals surface area contributed by atoms with Crippen molar-refractivity contribution in [2.24, 2.45) is 16.1 Å². The molecule has 1 aromatic carbocycles. The van der Waals surface area contributed by atoms with Crippen LogP contribution in [0.3, 0.4) is 0 Å². The fourth-order valence-electron chi connectivity index (χ4n) is 2.29. The Kier molecular flexibility index (Phi) is 5.96. The molecule has 0 radical (unpaired) electrons. The lowest BCUT2D eigenvalue weighted by atomic mass is 9.94. The maximum atomic E-state index is 13.4. The van der Waals surface area contributed by atoms with Gasteiger partial charge < -0.3 is 20.9 Å². The molecule has 3 N–H and O–H groups in total. The summed E-state index contributed by atoms with van der Waals surface area (Å²) in [6.45, 7) is 9.19. The lowest BCUT2D eigenvalue weighted by molar-refractivity contribution is 0.214. The van der Waals surface area contributed by atoms with Gasteiger partial charge in [0.15, 0.2) is 5.96 Å². The first-order valence-electron chi connectivity index (χ1n) is 8.10. The third-order valence-corrected chi connectivity index (χ3v) is 4.09. The Morgan fingerprint density at radius 1 is 1.30 bits per heavy atom. The lowest BCUT2D eigenvalue weighted by Gasteiger charge is -2.35. The summed E-state index contributed by atoms with van der Waals surface area (Å²) in [4.78, 5) is 9.26. The van der Waals surface area contributed by atoms with Gasteiger partial charge in [0.2, 0.25) is 0 Å². The fourth-order valence-corrected chi connectivity index (χ4v) is 2.29. The van der Waals surface area contributed by atoms with Gasteiger partial charge in [-0.25, -0.2) is 4.39 Å². The second-order valence-corrected chi connectivity index (χ2v) is 6.93. The van der Waals surface area contributed by atoms with Crippen LogP contribution >= 0.6 is 0 Å². The van der Waals surface area contributed by atoms with E-state index in [0.29, 0.717) is 18.8 Å². The number of rotatable bonds is 4. The van der Waals surface area contributed by atoms with Crippen LogP contribution in [0.25, 0.3) is 0 Å². The van der Waals surface area contributed by atoms with Crippen LogP contribution in [0, 0.1) is 11.2 Å². The van der Waals surface area contributed by atoms with Gasteiger partial charge in [-0.1, -0.05) is 19.9 Å². The number of piperazine rings is 1. The molecule has 1 heterocycles. The van der Waals surface area contributed by atoms with Crippen molar-refractivity contribution in [2.75, 3.05) is 51.6 Å². The highest BCUT2D eigenvalue weighted by molar-refractivity contribution is 5.93. The molecule has 0 spiro atoms. The first kappa shape index (κ1) is 17.7. The molecule has 1 fully saturated rings. The number of aliphatic imine (C=N–C) groups is 1. The van der Waals surface area contributed by atoms with Crippen molar-refractivity contribution in [1.29, 1.82) is 0 Å². The van der Waals surface area contributed by atoms with Gasteiger partial charge in [0.25, 0.3) is 0 Å². The second kappa shape index (κ2) is 7.75. The Hall–Kier alpha value is -1.66. The van der Waals surface area contributed by atoms with Crippen molar-refractivity contribution < 1.29 is 4.39 Å². The summed E-state index contributed by atoms with van der Waals surface area (Å²) in [5.74, 6) is 0.542. The van der Waals surface area contributed by atoms with Crippen molar-refractivity contribution in [1.82, 2.24) is 9.80 Å². The molecule has 128 valence electrons. The largest absolute Gasteiger partial charge is 0.340 e. The molecule has 6 heteroatoms. The van der Waals surface area contributed by atoms with Crippen LogP contribution in [0.15, 0.2) is 29.3 Å². The quantitative estimate of drug-likeness (QED) is 0.656. The molecule has 0 aliphatic carbocycles. The zero-order valence-corrected chi connectivity index (χ0v) is 14.3. The van der Waals surface area contributed by atoms with E-state index in [9.17, 15) is 4.39 Å². The molecule has 0 bridgehead atoms. The Bertz CT molecular complexity index is 536. The third kappa shape index (κ3) is 5.48. The van der Waals surface area contributed by atoms with Crippen LogP contribution in [0.5, 0.6) is 0 Å². The first-order valence-corrected chi connectivity index (χ1v) is 8.10. The van der Waals surface area contributed by atoms with Gasteiger partial charge in [-0.3, -0.25) is 4.99 Å². The van der Waals surface area contributed by atoms with Crippen LogP contribution in [-0.4, -0.2) is 62.1 Å². The topological polar surface area (TPSA) is 56.9 Å². The fraction of sp³-hybridized carbons (Fsp3) is 0.588. The van der Waals surface area contributed by atoms with Gasteiger partial charge in [-0.2, -0.15) is 0 Å². The summed E-state index contributed by atoms with van der Waals surface area (Å²) in [5.41, 5.74) is 6.46. The summed E-state index contributed by atoms with van der Waals surface area (Å²) in [6, 6.07) is 6.47. The number of likely N-dealkylation sites (N-methyl/N-ethyl adjacent to an activating group) is 1. The minimum atomic E-state index is -0.255. The zero-order chi connectivity index (χ0) is 16.9. The highest BCUT2D eigenvalue weighted by Gasteiger charge is 2.20. The standard InChI is InChI=1S/C17H28FN5/c1-17(2,12-19)13-20-16(23-9-7-22(3)8-10-23)21-15-6-4-5-14(18)11-15/h4-6,11H,7-10,12-13,19H2,1-3H3,(H,20,21). The Morgan fingerprint density at radius 2 is 2.00 bits per heavy atom. The Morgan fingerprint density at radius 3 is 2.61 bits per heavy atom. The number of halogens is 1. The normalized spacial score (nSPS) is 17.4. The van der Waals surface area contributed by atoms with Crippen molar-refractivity contribution in [3.05, 3.63) is 30.1 Å². The first-order chi connectivity index (χ1) is 10.9. The average Bonchev–Trinajstić information content (AvgIpc) is 2.52. The van der Waals surface area contributed by atoms with Crippen LogP contribution in [-0.2, 0) is 0 Å². The number of anilines is 1. The number of nitrogens with zero attached hydrogens (tertiary/aromatic N) is 3. The molecular formula is C17H28FN5. The van der Waals surface area contributed by atoms with Crippen LogP contribution < -0.4 is 11.1 Å². The van der Waals surface area contributed by atoms with Gasteiger partial charge in [-0.15, -0.1) is 0 Å². The van der Waals surface area contributed by atoms with E-state index in [1.165, 1.54) is 12.1 Å². The molecule has 23 heavy (non-hydrogen) atoms. The molecule has 5 nitrogen and oxygen atoms in total. The van der Waals surface area contributed by atoms with Gasteiger partial charge in [-0.05, 0) is 37.2 Å². The molecule has 0 unspecified atom stereocenters. The molecule has 1 aromatic rings. The maximum absolute atomic E-state index is 13.4. The number of benzene rings is 1. The highest BCUT2D eigenvalue weighted by Crippen LogP contribution is 2.15. The minimum Gasteiger partial charge on any atom is -0.340 e. The zero-order valence-electron chi connectivity index (χ0n) is 14.3. The van der Waals surface area contributed by atoms with E-state index in [2.05, 4.69) is 36.0 Å². The molecule has 2 rings (SSSR count). The van der Waals surface area contributed by atoms with Crippen LogP contribution in [0.1, 0.15) is 13.8 Å². The lowest BCUT2D eigenvalue weighted by Crippen LogP contribution is -2.49. The molecule has 0 aromatic heterocycles. The smallest absolute Gasteiger partial charge is 0.198 e. The van der Waals surface area contributed by atoms with Gasteiger partial charge >= 0.3 is 0 Å². The van der Waals surface area contributed by atoms with E-state index < -0.39 is 0 Å². The third-order valence-electron chi connectivity index (χ3n) is 4.09. The Labute approximate surface area is 138 Å². The summed E-state index contributed by atoms with van der Waals surface area (Å²) in [5, 5.41) is 3.28. The van der Waals surface area contributed by atoms with E-state index >= 15 is 0 Å². The van der Waals surface area contributed by atoms with E-state index in [4.69, 9.17) is 10.7 Å². The van der Waals surface area contributed by atoms with E-state index in [1.807, 2.05) is 6.07 Å². The molecule has 1 aliphatic heterocycles. The number of nitrogens with one attached hydrogen (secondary N) is 1. The summed E-state index contributed by atoms with van der Waals surface area (Å²) in [6.07, 6.45) is 0. The van der Waals surface area contributed by atoms with Crippen LogP contribution in [0.2, 0.25) is 0 Å². The predicted octanol–water partition coefficient (Wildman–Crippen LogP) is 1.83. The molecule has 0 atom stereocenters. The predicted molar refractivity (Wildman–Crippen MR) is 94.2 cm³/mol. The Balaban J connectivity index is 2.15. The van der Waals surface area contributed by atoms with Gasteiger partial charge in [0.05, 0.1) is 0 Å². The molecule has 1 aliphatic rings. The maximum Gasteiger partial charge on any atom is 0.198 e. The van der Waals surface area contributed by atoms with E-state index in [0.717, 1.165) is 32.1 Å². The van der Waals surface area contributed by atoms with E-state index in [1.54, 1.807) is 6.07 Å². The number of guanidine groups is 1. The monoisotopic (exact) mass is 321 g/mol. The SMILES string of the molecule is CN1CCN(C(=NCC(C)(C)CN)Nc2cccc(F)c2)CC1. The van der Waals surface area contributed by atoms with E-state index in [-0.39, 0.29) is 11.2 Å². The summed E-state index contributed by atoms with van der Waals surface area (Å²) < 4.78 is 13.4. The molecule has 0 saturated carbocycles. The number of hydrogen-bond acceptors (Lipinski definition) is 3. The van der Waals surface area contributed by atoms with Crippen LogP contribution in [0.4, 0.5) is 10.1 Å². The van der Waals surface area contributed by atoms with Crippen molar-refractivity contribution >= 4 is 11.6 Å². The minimum absolute atomic E-state index is 0.0541.